The number of nitrogens with two attached hydrogens (primary N) is 1. The van der Waals surface area contributed by atoms with Crippen molar-refractivity contribution >= 4 is 11.8 Å². The van der Waals surface area contributed by atoms with Crippen LogP contribution in [0.1, 0.15) is 15.9 Å². The van der Waals surface area contributed by atoms with Gasteiger partial charge in [0.2, 0.25) is 12.5 Å². The summed E-state index contributed by atoms with van der Waals surface area (Å²) in [5, 5.41) is 3.69. The molecule has 0 saturated carbocycles. The molecule has 27 heavy (non-hydrogen) atoms. The van der Waals surface area contributed by atoms with Crippen molar-refractivity contribution in [1.82, 2.24) is 0 Å². The van der Waals surface area contributed by atoms with E-state index < -0.39 is 5.97 Å². The van der Waals surface area contributed by atoms with Gasteiger partial charge in [-0.15, -0.1) is 0 Å². The summed E-state index contributed by atoms with van der Waals surface area (Å²) in [5.41, 5.74) is 6.56. The number of nitrogens with zero attached hydrogens (tertiary/aromatic N) is 1. The van der Waals surface area contributed by atoms with Crippen molar-refractivity contribution in [2.45, 2.75) is 0 Å². The Morgan fingerprint density at radius 3 is 2.26 bits per heavy atom. The average molecular weight is 374 g/mol. The first-order valence-electron chi connectivity index (χ1n) is 7.82. The summed E-state index contributed by atoms with van der Waals surface area (Å²) in [4.78, 5) is 17.3. The molecule has 3 rings (SSSR count). The third kappa shape index (κ3) is 3.66. The highest BCUT2D eigenvalue weighted by molar-refractivity contribution is 5.99. The molecular weight excluding hydrogens is 356 g/mol. The molecule has 0 atom stereocenters. The fourth-order valence-electron chi connectivity index (χ4n) is 2.45. The minimum absolute atomic E-state index is 0.00842. The molecule has 1 heterocycles. The fraction of sp³-hybridized carbons (Fsp3) is 0.222. The highest BCUT2D eigenvalue weighted by Crippen LogP contribution is 2.38. The molecule has 0 amide bonds. The highest BCUT2D eigenvalue weighted by Gasteiger charge is 2.19. The van der Waals surface area contributed by atoms with E-state index in [4.69, 9.17) is 34.3 Å². The number of hydrogen-bond acceptors (Lipinski definition) is 8. The van der Waals surface area contributed by atoms with E-state index in [2.05, 4.69) is 5.16 Å². The van der Waals surface area contributed by atoms with Gasteiger partial charge < -0.3 is 34.3 Å². The van der Waals surface area contributed by atoms with Crippen LogP contribution in [0.25, 0.3) is 0 Å². The molecule has 1 aliphatic heterocycles. The number of oxime groups is 1. The summed E-state index contributed by atoms with van der Waals surface area (Å²) in [6.07, 6.45) is 0. The lowest BCUT2D eigenvalue weighted by atomic mass is 10.2. The number of carbonyl (C=O) groups is 1. The van der Waals surface area contributed by atoms with Crippen LogP contribution in [0.3, 0.4) is 0 Å². The fourth-order valence-corrected chi connectivity index (χ4v) is 2.45. The molecule has 0 unspecified atom stereocenters. The lowest BCUT2D eigenvalue weighted by Crippen LogP contribution is -2.15. The first kappa shape index (κ1) is 18.2. The molecule has 9 heteroatoms. The van der Waals surface area contributed by atoms with Gasteiger partial charge in [0, 0.05) is 5.56 Å². The molecule has 0 radical (unpaired) electrons. The Morgan fingerprint density at radius 2 is 1.63 bits per heavy atom. The van der Waals surface area contributed by atoms with Gasteiger partial charge in [-0.1, -0.05) is 5.16 Å². The second-order valence-corrected chi connectivity index (χ2v) is 5.34. The Hall–Kier alpha value is -3.62. The minimum atomic E-state index is -0.738. The van der Waals surface area contributed by atoms with Crippen LogP contribution in [0.15, 0.2) is 35.5 Å². The molecule has 0 aromatic heterocycles. The summed E-state index contributed by atoms with van der Waals surface area (Å²) < 4.78 is 26.1. The number of hydrogen-bond donors (Lipinski definition) is 1. The number of methoxy groups -OCH3 is 3. The predicted molar refractivity (Wildman–Crippen MR) is 94.8 cm³/mol. The van der Waals surface area contributed by atoms with Crippen LogP contribution in [-0.2, 0) is 4.84 Å². The molecule has 2 aromatic rings. The lowest BCUT2D eigenvalue weighted by Gasteiger charge is -2.13. The van der Waals surface area contributed by atoms with Gasteiger partial charge in [0.25, 0.3) is 0 Å². The van der Waals surface area contributed by atoms with Gasteiger partial charge in [-0.05, 0) is 30.3 Å². The van der Waals surface area contributed by atoms with Crippen LogP contribution in [0.4, 0.5) is 0 Å². The predicted octanol–water partition coefficient (Wildman–Crippen LogP) is 1.92. The van der Waals surface area contributed by atoms with E-state index in [1.807, 2.05) is 0 Å². The molecule has 0 spiro atoms. The normalized spacial score (nSPS) is 12.5. The van der Waals surface area contributed by atoms with Gasteiger partial charge >= 0.3 is 5.97 Å². The van der Waals surface area contributed by atoms with Crippen molar-refractivity contribution in [3.63, 3.8) is 0 Å². The molecule has 1 aliphatic rings. The molecule has 142 valence electrons. The topological polar surface area (TPSA) is 111 Å². The molecular formula is C18H18N2O7. The first-order valence-corrected chi connectivity index (χ1v) is 7.82. The number of benzene rings is 2. The van der Waals surface area contributed by atoms with Crippen molar-refractivity contribution in [2.24, 2.45) is 10.9 Å². The van der Waals surface area contributed by atoms with Crippen molar-refractivity contribution in [3.8, 4) is 28.7 Å². The van der Waals surface area contributed by atoms with Crippen molar-refractivity contribution in [2.75, 3.05) is 28.1 Å². The van der Waals surface area contributed by atoms with Crippen LogP contribution in [-0.4, -0.2) is 39.9 Å². The van der Waals surface area contributed by atoms with E-state index in [0.717, 1.165) is 0 Å². The molecule has 9 nitrogen and oxygen atoms in total. The Labute approximate surface area is 155 Å². The number of ether oxygens (including phenoxy) is 5. The van der Waals surface area contributed by atoms with Gasteiger partial charge in [0.05, 0.1) is 26.9 Å². The largest absolute Gasteiger partial charge is 0.493 e. The van der Waals surface area contributed by atoms with Crippen molar-refractivity contribution < 1.29 is 33.3 Å². The summed E-state index contributed by atoms with van der Waals surface area (Å²) in [5.74, 6) is 1.42. The zero-order valence-corrected chi connectivity index (χ0v) is 15.0. The molecule has 2 aromatic carbocycles. The third-order valence-corrected chi connectivity index (χ3v) is 3.80. The zero-order valence-electron chi connectivity index (χ0n) is 15.0. The number of fused-ring (bicyclic) bond motifs is 1. The van der Waals surface area contributed by atoms with E-state index in [0.29, 0.717) is 34.3 Å². The minimum Gasteiger partial charge on any atom is -0.493 e. The second-order valence-electron chi connectivity index (χ2n) is 5.34. The van der Waals surface area contributed by atoms with Crippen LogP contribution in [0.2, 0.25) is 0 Å². The van der Waals surface area contributed by atoms with Gasteiger partial charge in [-0.25, -0.2) is 4.79 Å². The Morgan fingerprint density at radius 1 is 0.963 bits per heavy atom. The second kappa shape index (κ2) is 7.73. The Bertz CT molecular complexity index is 870. The van der Waals surface area contributed by atoms with E-state index in [1.165, 1.54) is 33.5 Å². The number of rotatable bonds is 6. The van der Waals surface area contributed by atoms with E-state index in [1.54, 1.807) is 18.2 Å². The summed E-state index contributed by atoms with van der Waals surface area (Å²) in [6.45, 7) is 0.145. The van der Waals surface area contributed by atoms with E-state index in [9.17, 15) is 4.79 Å². The Balaban J connectivity index is 1.79. The van der Waals surface area contributed by atoms with Crippen LogP contribution < -0.4 is 29.4 Å². The van der Waals surface area contributed by atoms with Gasteiger partial charge in [-0.2, -0.15) is 0 Å². The molecule has 0 saturated heterocycles. The van der Waals surface area contributed by atoms with E-state index in [-0.39, 0.29) is 18.2 Å². The van der Waals surface area contributed by atoms with Crippen LogP contribution >= 0.6 is 0 Å². The van der Waals surface area contributed by atoms with Gasteiger partial charge in [0.15, 0.2) is 28.8 Å². The zero-order chi connectivity index (χ0) is 19.4. The smallest absolute Gasteiger partial charge is 0.366 e. The maximum absolute atomic E-state index is 12.3. The summed E-state index contributed by atoms with van der Waals surface area (Å²) in [6, 6.07) is 7.93. The maximum Gasteiger partial charge on any atom is 0.366 e. The third-order valence-electron chi connectivity index (χ3n) is 3.80. The molecule has 2 N–H and O–H groups in total. The lowest BCUT2D eigenvalue weighted by molar-refractivity contribution is 0.0515. The van der Waals surface area contributed by atoms with Crippen molar-refractivity contribution in [3.05, 3.63) is 41.5 Å². The number of carbonyl (C=O) groups excluding carboxylic acids is 1. The quantitative estimate of drug-likeness (QED) is 0.353. The SMILES string of the molecule is COc1cc(C(=O)O/N=C(\N)c2ccc3c(c2)OCO3)cc(OC)c1OC. The molecule has 0 fully saturated rings. The summed E-state index contributed by atoms with van der Waals surface area (Å²) in [7, 11) is 4.36. The monoisotopic (exact) mass is 374 g/mol. The van der Waals surface area contributed by atoms with E-state index >= 15 is 0 Å². The average Bonchev–Trinajstić information content (AvgIpc) is 3.18. The first-order chi connectivity index (χ1) is 13.1. The standard InChI is InChI=1S/C18H18N2O7/c1-22-14-7-11(8-15(23-2)16(14)24-3)18(21)27-20-17(19)10-4-5-12-13(6-10)26-9-25-12/h4-8H,9H2,1-3H3,(H2,19,20). The molecule has 0 aliphatic carbocycles. The van der Waals surface area contributed by atoms with Gasteiger partial charge in [0.1, 0.15) is 0 Å². The molecule has 0 bridgehead atoms. The van der Waals surface area contributed by atoms with Crippen molar-refractivity contribution in [1.29, 1.82) is 0 Å². The Kier molecular flexibility index (Phi) is 5.20. The highest BCUT2D eigenvalue weighted by atomic mass is 16.7. The van der Waals surface area contributed by atoms with Crippen LogP contribution in [0, 0.1) is 0 Å². The number of amidine groups is 1. The van der Waals surface area contributed by atoms with Gasteiger partial charge in [-0.3, -0.25) is 0 Å². The maximum atomic E-state index is 12.3. The summed E-state index contributed by atoms with van der Waals surface area (Å²) >= 11 is 0. The van der Waals surface area contributed by atoms with Crippen LogP contribution in [0.5, 0.6) is 28.7 Å².